The molecule has 0 aliphatic heterocycles. The summed E-state index contributed by atoms with van der Waals surface area (Å²) in [4.78, 5) is 33.4. The van der Waals surface area contributed by atoms with E-state index >= 15 is 0 Å². The smallest absolute Gasteiger partial charge is 0.327 e. The molecular formula is C12H20N2O6S. The van der Waals surface area contributed by atoms with Crippen molar-refractivity contribution in [1.29, 1.82) is 0 Å². The van der Waals surface area contributed by atoms with E-state index in [0.29, 0.717) is 0 Å². The van der Waals surface area contributed by atoms with Crippen LogP contribution in [-0.2, 0) is 24.2 Å². The van der Waals surface area contributed by atoms with Gasteiger partial charge in [0.2, 0.25) is 11.8 Å². The SMILES string of the molecule is CC(=O)NC(CS(=O)(=O)CC(=O)NC1CCCC1)C(=O)O. The van der Waals surface area contributed by atoms with Crippen molar-refractivity contribution < 1.29 is 27.9 Å². The molecule has 0 saturated heterocycles. The molecule has 1 aliphatic carbocycles. The van der Waals surface area contributed by atoms with Crippen LogP contribution < -0.4 is 10.6 Å². The predicted octanol–water partition coefficient (Wildman–Crippen LogP) is -0.951. The van der Waals surface area contributed by atoms with Gasteiger partial charge >= 0.3 is 5.97 Å². The van der Waals surface area contributed by atoms with Crippen LogP contribution in [0.3, 0.4) is 0 Å². The molecule has 1 saturated carbocycles. The molecule has 1 aliphatic rings. The van der Waals surface area contributed by atoms with Gasteiger partial charge in [0.05, 0.1) is 5.75 Å². The van der Waals surface area contributed by atoms with Crippen LogP contribution in [0.1, 0.15) is 32.6 Å². The largest absolute Gasteiger partial charge is 0.480 e. The molecule has 120 valence electrons. The fourth-order valence-corrected chi connectivity index (χ4v) is 3.61. The third-order valence-corrected chi connectivity index (χ3v) is 4.71. The molecule has 0 spiro atoms. The van der Waals surface area contributed by atoms with Crippen molar-refractivity contribution in [3.8, 4) is 0 Å². The van der Waals surface area contributed by atoms with Crippen molar-refractivity contribution in [1.82, 2.24) is 10.6 Å². The Kier molecular flexibility index (Phi) is 6.13. The summed E-state index contributed by atoms with van der Waals surface area (Å²) in [5.74, 6) is -4.31. The lowest BCUT2D eigenvalue weighted by molar-refractivity contribution is -0.140. The number of hydrogen-bond donors (Lipinski definition) is 3. The predicted molar refractivity (Wildman–Crippen MR) is 74.3 cm³/mol. The molecule has 3 N–H and O–H groups in total. The molecule has 1 atom stereocenters. The number of aliphatic carboxylic acids is 1. The van der Waals surface area contributed by atoms with Gasteiger partial charge in [-0.1, -0.05) is 12.8 Å². The second-order valence-corrected chi connectivity index (χ2v) is 7.30. The Hall–Kier alpha value is -1.64. The zero-order valence-corrected chi connectivity index (χ0v) is 12.6. The first kappa shape index (κ1) is 17.4. The lowest BCUT2D eigenvalue weighted by Crippen LogP contribution is -2.46. The number of amides is 2. The molecule has 0 aromatic rings. The van der Waals surface area contributed by atoms with E-state index in [-0.39, 0.29) is 6.04 Å². The van der Waals surface area contributed by atoms with Crippen molar-refractivity contribution in [2.75, 3.05) is 11.5 Å². The van der Waals surface area contributed by atoms with E-state index in [1.54, 1.807) is 0 Å². The first-order valence-electron chi connectivity index (χ1n) is 6.69. The molecule has 8 nitrogen and oxygen atoms in total. The van der Waals surface area contributed by atoms with E-state index < -0.39 is 45.2 Å². The summed E-state index contributed by atoms with van der Waals surface area (Å²) in [6.07, 6.45) is 3.66. The molecule has 0 aromatic carbocycles. The van der Waals surface area contributed by atoms with E-state index in [4.69, 9.17) is 5.11 Å². The number of carboxylic acid groups (broad SMARTS) is 1. The van der Waals surface area contributed by atoms with Gasteiger partial charge in [-0.15, -0.1) is 0 Å². The Morgan fingerprint density at radius 2 is 1.81 bits per heavy atom. The Bertz CT molecular complexity index is 510. The van der Waals surface area contributed by atoms with E-state index in [1.165, 1.54) is 0 Å². The van der Waals surface area contributed by atoms with Crippen LogP contribution in [-0.4, -0.2) is 54.9 Å². The van der Waals surface area contributed by atoms with Gasteiger partial charge in [0.25, 0.3) is 0 Å². The summed E-state index contributed by atoms with van der Waals surface area (Å²) < 4.78 is 23.7. The van der Waals surface area contributed by atoms with E-state index in [0.717, 1.165) is 32.6 Å². The summed E-state index contributed by atoms with van der Waals surface area (Å²) in [7, 11) is -3.92. The van der Waals surface area contributed by atoms with Crippen molar-refractivity contribution >= 4 is 27.6 Å². The van der Waals surface area contributed by atoms with Gasteiger partial charge in [0.15, 0.2) is 9.84 Å². The van der Waals surface area contributed by atoms with Gasteiger partial charge in [0.1, 0.15) is 11.8 Å². The van der Waals surface area contributed by atoms with Crippen molar-refractivity contribution in [3.63, 3.8) is 0 Å². The average molecular weight is 320 g/mol. The van der Waals surface area contributed by atoms with Crippen LogP contribution in [0.25, 0.3) is 0 Å². The van der Waals surface area contributed by atoms with E-state index in [9.17, 15) is 22.8 Å². The van der Waals surface area contributed by atoms with Crippen LogP contribution in [0.4, 0.5) is 0 Å². The minimum atomic E-state index is -3.92. The molecule has 0 radical (unpaired) electrons. The average Bonchev–Trinajstić information content (AvgIpc) is 2.78. The third kappa shape index (κ3) is 6.56. The molecule has 0 aromatic heterocycles. The lowest BCUT2D eigenvalue weighted by atomic mass is 10.2. The van der Waals surface area contributed by atoms with E-state index in [1.807, 2.05) is 5.32 Å². The van der Waals surface area contributed by atoms with Crippen molar-refractivity contribution in [2.24, 2.45) is 0 Å². The quantitative estimate of drug-likeness (QED) is 0.554. The van der Waals surface area contributed by atoms with Crippen molar-refractivity contribution in [2.45, 2.75) is 44.7 Å². The molecule has 1 rings (SSSR count). The fraction of sp³-hybridized carbons (Fsp3) is 0.750. The monoisotopic (exact) mass is 320 g/mol. The van der Waals surface area contributed by atoms with Crippen LogP contribution in [0.15, 0.2) is 0 Å². The highest BCUT2D eigenvalue weighted by Gasteiger charge is 2.28. The second kappa shape index (κ2) is 7.39. The summed E-state index contributed by atoms with van der Waals surface area (Å²) in [5, 5.41) is 13.5. The number of carbonyl (C=O) groups excluding carboxylic acids is 2. The Labute approximate surface area is 123 Å². The summed E-state index contributed by atoms with van der Waals surface area (Å²) >= 11 is 0. The summed E-state index contributed by atoms with van der Waals surface area (Å²) in [5.41, 5.74) is 0. The topological polar surface area (TPSA) is 130 Å². The Morgan fingerprint density at radius 1 is 1.24 bits per heavy atom. The molecule has 0 bridgehead atoms. The molecule has 1 fully saturated rings. The molecule has 21 heavy (non-hydrogen) atoms. The molecule has 1 unspecified atom stereocenters. The molecule has 2 amide bonds. The van der Waals surface area contributed by atoms with Gasteiger partial charge in [-0.3, -0.25) is 9.59 Å². The molecule has 9 heteroatoms. The number of hydrogen-bond acceptors (Lipinski definition) is 5. The zero-order valence-electron chi connectivity index (χ0n) is 11.8. The number of sulfone groups is 1. The number of carbonyl (C=O) groups is 3. The van der Waals surface area contributed by atoms with Crippen LogP contribution >= 0.6 is 0 Å². The number of carboxylic acids is 1. The van der Waals surface area contributed by atoms with Gasteiger partial charge in [-0.05, 0) is 12.8 Å². The Balaban J connectivity index is 2.56. The second-order valence-electron chi connectivity index (χ2n) is 5.19. The van der Waals surface area contributed by atoms with Crippen LogP contribution in [0, 0.1) is 0 Å². The van der Waals surface area contributed by atoms with Gasteiger partial charge in [-0.2, -0.15) is 0 Å². The van der Waals surface area contributed by atoms with Crippen LogP contribution in [0.2, 0.25) is 0 Å². The first-order chi connectivity index (χ1) is 9.69. The summed E-state index contributed by atoms with van der Waals surface area (Å²) in [6, 6.07) is -1.55. The molecular weight excluding hydrogens is 300 g/mol. The minimum Gasteiger partial charge on any atom is -0.480 e. The Morgan fingerprint density at radius 3 is 2.29 bits per heavy atom. The highest BCUT2D eigenvalue weighted by atomic mass is 32.2. The standard InChI is InChI=1S/C12H20N2O6S/c1-8(15)13-10(12(17)18)6-21(19,20)7-11(16)14-9-4-2-3-5-9/h9-10H,2-7H2,1H3,(H,13,15)(H,14,16)(H,17,18). The highest BCUT2D eigenvalue weighted by molar-refractivity contribution is 7.92. The number of rotatable bonds is 7. The maximum atomic E-state index is 11.8. The third-order valence-electron chi connectivity index (χ3n) is 3.17. The normalized spacial score (nSPS) is 17.2. The van der Waals surface area contributed by atoms with Gasteiger partial charge < -0.3 is 15.7 Å². The summed E-state index contributed by atoms with van der Waals surface area (Å²) in [6.45, 7) is 1.09. The fourth-order valence-electron chi connectivity index (χ4n) is 2.27. The molecule has 0 heterocycles. The highest BCUT2D eigenvalue weighted by Crippen LogP contribution is 2.17. The maximum Gasteiger partial charge on any atom is 0.327 e. The van der Waals surface area contributed by atoms with Gasteiger partial charge in [0, 0.05) is 13.0 Å². The number of nitrogens with one attached hydrogen (secondary N) is 2. The minimum absolute atomic E-state index is 0.00156. The first-order valence-corrected chi connectivity index (χ1v) is 8.51. The zero-order chi connectivity index (χ0) is 16.0. The van der Waals surface area contributed by atoms with E-state index in [2.05, 4.69) is 5.32 Å². The van der Waals surface area contributed by atoms with Gasteiger partial charge in [-0.25, -0.2) is 13.2 Å². The lowest BCUT2D eigenvalue weighted by Gasteiger charge is -2.15. The maximum absolute atomic E-state index is 11.8. The van der Waals surface area contributed by atoms with Crippen LogP contribution in [0.5, 0.6) is 0 Å². The van der Waals surface area contributed by atoms with Crippen molar-refractivity contribution in [3.05, 3.63) is 0 Å².